The maximum Gasteiger partial charge on any atom is 0.335 e. The second kappa shape index (κ2) is 5.64. The number of rotatable bonds is 4. The first kappa shape index (κ1) is 12.7. The van der Waals surface area contributed by atoms with Gasteiger partial charge in [0.25, 0.3) is 5.91 Å². The SMILES string of the molecule is CNC(=O)CNC(=O)c1cccc(C(=O)O)c1. The van der Waals surface area contributed by atoms with Gasteiger partial charge in [-0.15, -0.1) is 0 Å². The number of carbonyl (C=O) groups is 3. The molecule has 90 valence electrons. The fourth-order valence-electron chi connectivity index (χ4n) is 1.14. The highest BCUT2D eigenvalue weighted by atomic mass is 16.4. The zero-order valence-corrected chi connectivity index (χ0v) is 9.19. The van der Waals surface area contributed by atoms with Gasteiger partial charge in [0.2, 0.25) is 5.91 Å². The number of hydrogen-bond acceptors (Lipinski definition) is 3. The number of likely N-dealkylation sites (N-methyl/N-ethyl adjacent to an activating group) is 1. The van der Waals surface area contributed by atoms with E-state index in [1.54, 1.807) is 0 Å². The standard InChI is InChI=1S/C11H12N2O4/c1-12-9(14)6-13-10(15)7-3-2-4-8(5-7)11(16)17/h2-5H,6H2,1H3,(H,12,14)(H,13,15)(H,16,17). The number of amides is 2. The lowest BCUT2D eigenvalue weighted by atomic mass is 10.1. The van der Waals surface area contributed by atoms with E-state index in [-0.39, 0.29) is 23.6 Å². The number of hydrogen-bond donors (Lipinski definition) is 3. The second-order valence-corrected chi connectivity index (χ2v) is 3.24. The van der Waals surface area contributed by atoms with Crippen LogP contribution in [0, 0.1) is 0 Å². The molecule has 0 saturated carbocycles. The first-order chi connectivity index (χ1) is 8.04. The third-order valence-electron chi connectivity index (χ3n) is 2.06. The Hall–Kier alpha value is -2.37. The predicted octanol–water partition coefficient (Wildman–Crippen LogP) is -0.139. The Balaban J connectivity index is 2.72. The minimum Gasteiger partial charge on any atom is -0.478 e. The molecule has 6 nitrogen and oxygen atoms in total. The van der Waals surface area contributed by atoms with E-state index in [9.17, 15) is 14.4 Å². The summed E-state index contributed by atoms with van der Waals surface area (Å²) >= 11 is 0. The van der Waals surface area contributed by atoms with E-state index in [4.69, 9.17) is 5.11 Å². The number of nitrogens with one attached hydrogen (secondary N) is 2. The van der Waals surface area contributed by atoms with Crippen LogP contribution in [0.25, 0.3) is 0 Å². The normalized spacial score (nSPS) is 9.47. The minimum absolute atomic E-state index is 0.0255. The van der Waals surface area contributed by atoms with E-state index in [1.807, 2.05) is 0 Å². The molecular weight excluding hydrogens is 224 g/mol. The van der Waals surface area contributed by atoms with Crippen LogP contribution in [0.3, 0.4) is 0 Å². The fourth-order valence-corrected chi connectivity index (χ4v) is 1.14. The Labute approximate surface area is 97.6 Å². The van der Waals surface area contributed by atoms with Crippen molar-refractivity contribution in [1.29, 1.82) is 0 Å². The van der Waals surface area contributed by atoms with Crippen LogP contribution >= 0.6 is 0 Å². The predicted molar refractivity (Wildman–Crippen MR) is 59.8 cm³/mol. The quantitative estimate of drug-likeness (QED) is 0.678. The van der Waals surface area contributed by atoms with Gasteiger partial charge in [-0.2, -0.15) is 0 Å². The van der Waals surface area contributed by atoms with Crippen molar-refractivity contribution in [2.45, 2.75) is 0 Å². The first-order valence-electron chi connectivity index (χ1n) is 4.86. The van der Waals surface area contributed by atoms with Crippen LogP contribution in [0.15, 0.2) is 24.3 Å². The number of aromatic carboxylic acids is 1. The van der Waals surface area contributed by atoms with Crippen molar-refractivity contribution >= 4 is 17.8 Å². The smallest absolute Gasteiger partial charge is 0.335 e. The summed E-state index contributed by atoms with van der Waals surface area (Å²) in [4.78, 5) is 33.2. The average molecular weight is 236 g/mol. The van der Waals surface area contributed by atoms with E-state index in [0.717, 1.165) is 0 Å². The Kier molecular flexibility index (Phi) is 4.21. The van der Waals surface area contributed by atoms with Crippen molar-refractivity contribution in [2.75, 3.05) is 13.6 Å². The first-order valence-corrected chi connectivity index (χ1v) is 4.86. The summed E-state index contributed by atoms with van der Waals surface area (Å²) in [5.41, 5.74) is 0.228. The van der Waals surface area contributed by atoms with Crippen LogP contribution in [-0.2, 0) is 4.79 Å². The number of carboxylic acids is 1. The maximum atomic E-state index is 11.6. The van der Waals surface area contributed by atoms with E-state index in [2.05, 4.69) is 10.6 Å². The van der Waals surface area contributed by atoms with Crippen LogP contribution in [0.1, 0.15) is 20.7 Å². The molecule has 0 fully saturated rings. The fraction of sp³-hybridized carbons (Fsp3) is 0.182. The van der Waals surface area contributed by atoms with Crippen LogP contribution in [-0.4, -0.2) is 36.5 Å². The summed E-state index contributed by atoms with van der Waals surface area (Å²) in [5.74, 6) is -1.92. The molecule has 2 amide bonds. The zero-order chi connectivity index (χ0) is 12.8. The molecule has 1 aromatic rings. The van der Waals surface area contributed by atoms with Crippen LogP contribution in [0.4, 0.5) is 0 Å². The average Bonchev–Trinajstić information content (AvgIpc) is 2.35. The van der Waals surface area contributed by atoms with Gasteiger partial charge in [0, 0.05) is 12.6 Å². The zero-order valence-electron chi connectivity index (χ0n) is 9.19. The molecule has 0 aliphatic carbocycles. The highest BCUT2D eigenvalue weighted by Crippen LogP contribution is 2.05. The van der Waals surface area contributed by atoms with Crippen molar-refractivity contribution < 1.29 is 19.5 Å². The number of carbonyl (C=O) groups excluding carboxylic acids is 2. The summed E-state index contributed by atoms with van der Waals surface area (Å²) < 4.78 is 0. The Bertz CT molecular complexity index is 457. The monoisotopic (exact) mass is 236 g/mol. The minimum atomic E-state index is -1.11. The lowest BCUT2D eigenvalue weighted by molar-refractivity contribution is -0.119. The Morgan fingerprint density at radius 1 is 1.24 bits per heavy atom. The van der Waals surface area contributed by atoms with Gasteiger partial charge in [0.15, 0.2) is 0 Å². The van der Waals surface area contributed by atoms with Gasteiger partial charge in [-0.25, -0.2) is 4.79 Å². The maximum absolute atomic E-state index is 11.6. The van der Waals surface area contributed by atoms with E-state index in [0.29, 0.717) is 0 Å². The molecule has 3 N–H and O–H groups in total. The van der Waals surface area contributed by atoms with Gasteiger partial charge in [0.1, 0.15) is 0 Å². The van der Waals surface area contributed by atoms with Crippen molar-refractivity contribution in [3.63, 3.8) is 0 Å². The van der Waals surface area contributed by atoms with Gasteiger partial charge in [-0.05, 0) is 18.2 Å². The molecule has 0 aromatic heterocycles. The van der Waals surface area contributed by atoms with Gasteiger partial charge in [0.05, 0.1) is 12.1 Å². The highest BCUT2D eigenvalue weighted by molar-refractivity contribution is 5.98. The molecule has 0 atom stereocenters. The topological polar surface area (TPSA) is 95.5 Å². The summed E-state index contributed by atoms with van der Waals surface area (Å²) in [6.45, 7) is -0.146. The summed E-state index contributed by atoms with van der Waals surface area (Å²) in [6, 6.07) is 5.59. The van der Waals surface area contributed by atoms with Crippen molar-refractivity contribution in [3.05, 3.63) is 35.4 Å². The molecule has 0 aliphatic heterocycles. The highest BCUT2D eigenvalue weighted by Gasteiger charge is 2.09. The number of carboxylic acid groups (broad SMARTS) is 1. The van der Waals surface area contributed by atoms with Crippen molar-refractivity contribution in [2.24, 2.45) is 0 Å². The molecule has 0 spiro atoms. The molecule has 1 aromatic carbocycles. The van der Waals surface area contributed by atoms with Gasteiger partial charge in [-0.1, -0.05) is 6.07 Å². The third-order valence-corrected chi connectivity index (χ3v) is 2.06. The summed E-state index contributed by atoms with van der Waals surface area (Å²) in [7, 11) is 1.46. The summed E-state index contributed by atoms with van der Waals surface area (Å²) in [5, 5.41) is 13.5. The largest absolute Gasteiger partial charge is 0.478 e. The Morgan fingerprint density at radius 2 is 1.88 bits per heavy atom. The molecule has 0 unspecified atom stereocenters. The van der Waals surface area contributed by atoms with E-state index in [1.165, 1.54) is 31.3 Å². The summed E-state index contributed by atoms with van der Waals surface area (Å²) in [6.07, 6.45) is 0. The molecule has 6 heteroatoms. The van der Waals surface area contributed by atoms with Gasteiger partial charge in [-0.3, -0.25) is 9.59 Å². The molecule has 0 radical (unpaired) electrons. The second-order valence-electron chi connectivity index (χ2n) is 3.24. The molecule has 17 heavy (non-hydrogen) atoms. The van der Waals surface area contributed by atoms with Crippen LogP contribution < -0.4 is 10.6 Å². The van der Waals surface area contributed by atoms with E-state index < -0.39 is 11.9 Å². The van der Waals surface area contributed by atoms with Crippen molar-refractivity contribution in [1.82, 2.24) is 10.6 Å². The molecule has 0 aliphatic rings. The van der Waals surface area contributed by atoms with Gasteiger partial charge >= 0.3 is 5.97 Å². The lowest BCUT2D eigenvalue weighted by Crippen LogP contribution is -2.35. The molecule has 0 heterocycles. The molecular formula is C11H12N2O4. The van der Waals surface area contributed by atoms with E-state index >= 15 is 0 Å². The van der Waals surface area contributed by atoms with Crippen LogP contribution in [0.2, 0.25) is 0 Å². The van der Waals surface area contributed by atoms with Crippen molar-refractivity contribution in [3.8, 4) is 0 Å². The third kappa shape index (κ3) is 3.60. The van der Waals surface area contributed by atoms with Crippen LogP contribution in [0.5, 0.6) is 0 Å². The molecule has 0 saturated heterocycles. The lowest BCUT2D eigenvalue weighted by Gasteiger charge is -2.04. The Morgan fingerprint density at radius 3 is 2.47 bits per heavy atom. The number of benzene rings is 1. The molecule has 0 bridgehead atoms. The molecule has 1 rings (SSSR count). The van der Waals surface area contributed by atoms with Gasteiger partial charge < -0.3 is 15.7 Å².